The van der Waals surface area contributed by atoms with Crippen molar-refractivity contribution in [2.45, 2.75) is 25.3 Å². The third-order valence-electron chi connectivity index (χ3n) is 4.28. The van der Waals surface area contributed by atoms with E-state index in [1.165, 1.54) is 24.7 Å². The van der Waals surface area contributed by atoms with Crippen LogP contribution in [-0.4, -0.2) is 46.0 Å². The molecule has 2 rings (SSSR count). The molecule has 0 atom stereocenters. The number of carbonyl (C=O) groups is 1. The van der Waals surface area contributed by atoms with Crippen LogP contribution in [0.1, 0.15) is 29.8 Å². The van der Waals surface area contributed by atoms with Gasteiger partial charge in [-0.05, 0) is 23.8 Å². The molecule has 0 aliphatic heterocycles. The topological polar surface area (TPSA) is 99.1 Å². The molecule has 9 heteroatoms. The van der Waals surface area contributed by atoms with E-state index in [1.54, 1.807) is 38.1 Å². The van der Waals surface area contributed by atoms with Crippen molar-refractivity contribution in [1.29, 1.82) is 0 Å². The minimum absolute atomic E-state index is 0.208. The van der Waals surface area contributed by atoms with E-state index < -0.39 is 16.0 Å². The first-order chi connectivity index (χ1) is 13.4. The second-order valence-electron chi connectivity index (χ2n) is 5.91. The number of hydrogen-bond acceptors (Lipinski definition) is 6. The number of aromatic nitrogens is 1. The fourth-order valence-corrected chi connectivity index (χ4v) is 4.15. The number of benzene rings is 1. The molecule has 0 fully saturated rings. The van der Waals surface area contributed by atoms with Gasteiger partial charge in [-0.25, -0.2) is 18.2 Å². The second kappa shape index (κ2) is 9.52. The number of anilines is 1. The van der Waals surface area contributed by atoms with Crippen molar-refractivity contribution in [3.8, 4) is 5.75 Å². The number of nitrogens with zero attached hydrogens (tertiary/aromatic N) is 1. The lowest BCUT2D eigenvalue weighted by atomic mass is 10.1. The summed E-state index contributed by atoms with van der Waals surface area (Å²) in [6.07, 6.45) is 1.46. The van der Waals surface area contributed by atoms with Gasteiger partial charge in [0, 0.05) is 19.2 Å². The van der Waals surface area contributed by atoms with Crippen LogP contribution in [0.3, 0.4) is 0 Å². The number of rotatable bonds is 9. The normalized spacial score (nSPS) is 11.3. The Balaban J connectivity index is 2.13. The maximum atomic E-state index is 12.5. The largest absolute Gasteiger partial charge is 0.496 e. The first kappa shape index (κ1) is 21.6. The van der Waals surface area contributed by atoms with E-state index in [1.807, 2.05) is 6.07 Å². The van der Waals surface area contributed by atoms with Crippen LogP contribution in [0.2, 0.25) is 0 Å². The van der Waals surface area contributed by atoms with E-state index in [2.05, 4.69) is 10.3 Å². The highest BCUT2D eigenvalue weighted by atomic mass is 32.2. The second-order valence-corrected chi connectivity index (χ2v) is 7.85. The van der Waals surface area contributed by atoms with Crippen LogP contribution in [0.4, 0.5) is 5.82 Å². The number of methoxy groups -OCH3 is 2. The molecule has 0 radical (unpaired) electrons. The number of carbonyl (C=O) groups excluding carboxylic acids is 1. The van der Waals surface area contributed by atoms with Gasteiger partial charge >= 0.3 is 5.97 Å². The van der Waals surface area contributed by atoms with Crippen molar-refractivity contribution in [3.63, 3.8) is 0 Å². The number of aromatic amines is 1. The molecule has 8 nitrogen and oxygen atoms in total. The molecule has 0 saturated carbocycles. The summed E-state index contributed by atoms with van der Waals surface area (Å²) in [5.74, 6) is 0.610. The third-order valence-corrected chi connectivity index (χ3v) is 6.33. The van der Waals surface area contributed by atoms with E-state index >= 15 is 0 Å². The Labute approximate surface area is 165 Å². The molecule has 0 amide bonds. The van der Waals surface area contributed by atoms with Crippen LogP contribution in [0.25, 0.3) is 0 Å². The van der Waals surface area contributed by atoms with Crippen LogP contribution in [0.15, 0.2) is 41.4 Å². The van der Waals surface area contributed by atoms with Gasteiger partial charge in [-0.1, -0.05) is 19.9 Å². The fraction of sp³-hybridized carbons (Fsp3) is 0.368. The number of pyridine rings is 1. The third kappa shape index (κ3) is 4.79. The highest BCUT2D eigenvalue weighted by molar-refractivity contribution is 7.89. The Morgan fingerprint density at radius 2 is 1.86 bits per heavy atom. The van der Waals surface area contributed by atoms with E-state index in [4.69, 9.17) is 9.47 Å². The number of nitrogens with one attached hydrogen (secondary N) is 2. The minimum atomic E-state index is -3.50. The molecule has 28 heavy (non-hydrogen) atoms. The molecule has 1 aromatic heterocycles. The Hall–Kier alpha value is -2.65. The van der Waals surface area contributed by atoms with Crippen molar-refractivity contribution in [3.05, 3.63) is 47.7 Å². The van der Waals surface area contributed by atoms with Crippen molar-refractivity contribution >= 4 is 21.8 Å². The van der Waals surface area contributed by atoms with E-state index in [9.17, 15) is 13.2 Å². The van der Waals surface area contributed by atoms with E-state index in [0.29, 0.717) is 36.8 Å². The maximum absolute atomic E-state index is 12.5. The molecule has 0 spiro atoms. The Bertz CT molecular complexity index is 910. The summed E-state index contributed by atoms with van der Waals surface area (Å²) in [5, 5.41) is 3.16. The molecule has 0 aliphatic rings. The van der Waals surface area contributed by atoms with Gasteiger partial charge in [0.1, 0.15) is 29.0 Å². The number of hydrogen-bond donors (Lipinski definition) is 1. The van der Waals surface area contributed by atoms with Gasteiger partial charge in [0.25, 0.3) is 5.82 Å². The van der Waals surface area contributed by atoms with Gasteiger partial charge in [-0.2, -0.15) is 4.31 Å². The lowest BCUT2D eigenvalue weighted by molar-refractivity contribution is -0.364. The Kier molecular flexibility index (Phi) is 7.36. The molecule has 0 bridgehead atoms. The summed E-state index contributed by atoms with van der Waals surface area (Å²) in [7, 11) is -0.698. The SMILES string of the molecule is CCN(CC)S(=O)(=O)c1ccc(NCc2ccc(OC)c(C(=O)OC)c2)[nH+]c1. The lowest BCUT2D eigenvalue weighted by Gasteiger charge is -2.17. The molecular weight excluding hydrogens is 382 g/mol. The van der Waals surface area contributed by atoms with Gasteiger partial charge < -0.3 is 9.47 Å². The molecule has 2 N–H and O–H groups in total. The number of sulfonamides is 1. The Morgan fingerprint density at radius 1 is 1.14 bits per heavy atom. The summed E-state index contributed by atoms with van der Waals surface area (Å²) >= 11 is 0. The zero-order valence-corrected chi connectivity index (χ0v) is 17.3. The van der Waals surface area contributed by atoms with Crippen LogP contribution < -0.4 is 15.0 Å². The quantitative estimate of drug-likeness (QED) is 0.637. The van der Waals surface area contributed by atoms with Crippen molar-refractivity contribution in [1.82, 2.24) is 4.31 Å². The smallest absolute Gasteiger partial charge is 0.341 e. The highest BCUT2D eigenvalue weighted by Gasteiger charge is 2.23. The zero-order valence-electron chi connectivity index (χ0n) is 16.5. The number of ether oxygens (including phenoxy) is 2. The van der Waals surface area contributed by atoms with Gasteiger partial charge in [0.15, 0.2) is 0 Å². The molecule has 152 valence electrons. The van der Waals surface area contributed by atoms with Crippen molar-refractivity contribution in [2.24, 2.45) is 0 Å². The fourth-order valence-electron chi connectivity index (χ4n) is 2.73. The molecule has 0 saturated heterocycles. The standard InChI is InChI=1S/C19H25N3O5S/c1-5-22(6-2)28(24,25)15-8-10-18(21-13-15)20-12-14-7-9-17(26-3)16(11-14)19(23)27-4/h7-11,13H,5-6,12H2,1-4H3,(H,20,21)/p+1. The molecule has 1 aromatic carbocycles. The first-order valence-electron chi connectivity index (χ1n) is 8.88. The monoisotopic (exact) mass is 408 g/mol. The average Bonchev–Trinajstić information content (AvgIpc) is 2.72. The van der Waals surface area contributed by atoms with Crippen LogP contribution >= 0.6 is 0 Å². The molecule has 2 aromatic rings. The van der Waals surface area contributed by atoms with Gasteiger partial charge in [-0.15, -0.1) is 0 Å². The number of H-pyrrole nitrogens is 1. The van der Waals surface area contributed by atoms with Crippen molar-refractivity contribution < 1.29 is 27.7 Å². The van der Waals surface area contributed by atoms with Crippen LogP contribution in [0, 0.1) is 0 Å². The number of esters is 1. The van der Waals surface area contributed by atoms with E-state index in [-0.39, 0.29) is 4.90 Å². The van der Waals surface area contributed by atoms with Gasteiger partial charge in [0.05, 0.1) is 14.2 Å². The summed E-state index contributed by atoms with van der Waals surface area (Å²) in [6, 6.07) is 8.45. The van der Waals surface area contributed by atoms with Gasteiger partial charge in [0.2, 0.25) is 10.0 Å². The van der Waals surface area contributed by atoms with Crippen LogP contribution in [-0.2, 0) is 21.3 Å². The summed E-state index contributed by atoms with van der Waals surface area (Å²) in [5.41, 5.74) is 1.18. The highest BCUT2D eigenvalue weighted by Crippen LogP contribution is 2.21. The summed E-state index contributed by atoms with van der Waals surface area (Å²) in [6.45, 7) is 4.86. The van der Waals surface area contributed by atoms with E-state index in [0.717, 1.165) is 5.56 Å². The average molecular weight is 409 g/mol. The van der Waals surface area contributed by atoms with Crippen molar-refractivity contribution in [2.75, 3.05) is 32.6 Å². The van der Waals surface area contributed by atoms with Gasteiger partial charge in [-0.3, -0.25) is 5.32 Å². The summed E-state index contributed by atoms with van der Waals surface area (Å²) < 4.78 is 36.4. The molecule has 0 unspecified atom stereocenters. The first-order valence-corrected chi connectivity index (χ1v) is 10.3. The predicted molar refractivity (Wildman–Crippen MR) is 105 cm³/mol. The zero-order chi connectivity index (χ0) is 20.7. The minimum Gasteiger partial charge on any atom is -0.496 e. The molecule has 1 heterocycles. The lowest BCUT2D eigenvalue weighted by Crippen LogP contribution is -2.31. The molecule has 0 aliphatic carbocycles. The predicted octanol–water partition coefficient (Wildman–Crippen LogP) is 1.94. The molecular formula is C19H26N3O5S+. The maximum Gasteiger partial charge on any atom is 0.341 e. The summed E-state index contributed by atoms with van der Waals surface area (Å²) in [4.78, 5) is 15.0. The van der Waals surface area contributed by atoms with Crippen LogP contribution in [0.5, 0.6) is 5.75 Å². The Morgan fingerprint density at radius 3 is 2.39 bits per heavy atom.